The van der Waals surface area contributed by atoms with Gasteiger partial charge in [0.25, 0.3) is 0 Å². The predicted molar refractivity (Wildman–Crippen MR) is 154 cm³/mol. The Morgan fingerprint density at radius 2 is 1.47 bits per heavy atom. The number of hydrogen-bond acceptors (Lipinski definition) is 6. The molecule has 1 unspecified atom stereocenters. The van der Waals surface area contributed by atoms with Crippen molar-refractivity contribution in [2.75, 3.05) is 46.2 Å². The largest absolute Gasteiger partial charge is 0.497 e. The minimum atomic E-state index is 0.377. The standard InChI is InChI=1S/C29H33BrN2O3S/c1-21(32-18-16-31-17-19-32)20-34-26-12-14-27(15-13-26)35-28(22-6-10-25(33-2)11-7-22)29(36-3)23-4-8-24(30)9-5-23/h4-15,21,31H,16-20H2,1-3H3/b29-28+. The van der Waals surface area contributed by atoms with Crippen molar-refractivity contribution in [3.8, 4) is 17.2 Å². The number of halogens is 1. The summed E-state index contributed by atoms with van der Waals surface area (Å²) in [7, 11) is 1.67. The Balaban J connectivity index is 1.53. The van der Waals surface area contributed by atoms with Crippen molar-refractivity contribution in [2.45, 2.75) is 13.0 Å². The highest BCUT2D eigenvalue weighted by atomic mass is 79.9. The molecule has 1 atom stereocenters. The first-order valence-corrected chi connectivity index (χ1v) is 14.1. The maximum absolute atomic E-state index is 6.52. The Hall–Kier alpha value is -2.45. The van der Waals surface area contributed by atoms with Crippen LogP contribution in [0.2, 0.25) is 0 Å². The van der Waals surface area contributed by atoms with E-state index in [-0.39, 0.29) is 0 Å². The number of nitrogens with zero attached hydrogens (tertiary/aromatic N) is 1. The highest BCUT2D eigenvalue weighted by Crippen LogP contribution is 2.37. The van der Waals surface area contributed by atoms with E-state index in [1.54, 1.807) is 18.9 Å². The third kappa shape index (κ3) is 7.07. The van der Waals surface area contributed by atoms with E-state index in [0.29, 0.717) is 12.6 Å². The van der Waals surface area contributed by atoms with Crippen LogP contribution in [0.4, 0.5) is 0 Å². The summed E-state index contributed by atoms with van der Waals surface area (Å²) in [6.07, 6.45) is 2.07. The van der Waals surface area contributed by atoms with E-state index in [1.807, 2.05) is 60.7 Å². The van der Waals surface area contributed by atoms with Crippen molar-refractivity contribution >= 4 is 38.4 Å². The molecule has 3 aromatic carbocycles. The minimum absolute atomic E-state index is 0.377. The number of hydrogen-bond donors (Lipinski definition) is 1. The quantitative estimate of drug-likeness (QED) is 0.225. The first-order valence-electron chi connectivity index (χ1n) is 12.1. The van der Waals surface area contributed by atoms with Gasteiger partial charge in [-0.1, -0.05) is 28.1 Å². The third-order valence-electron chi connectivity index (χ3n) is 6.18. The zero-order valence-electron chi connectivity index (χ0n) is 21.0. The summed E-state index contributed by atoms with van der Waals surface area (Å²) in [6, 6.07) is 24.5. The van der Waals surface area contributed by atoms with Gasteiger partial charge in [-0.2, -0.15) is 0 Å². The lowest BCUT2D eigenvalue weighted by Gasteiger charge is -2.32. The Morgan fingerprint density at radius 3 is 2.08 bits per heavy atom. The average molecular weight is 570 g/mol. The first-order chi connectivity index (χ1) is 17.6. The summed E-state index contributed by atoms with van der Waals surface area (Å²) in [5, 5.41) is 3.40. The van der Waals surface area contributed by atoms with Crippen molar-refractivity contribution in [3.63, 3.8) is 0 Å². The number of piperazine rings is 1. The van der Waals surface area contributed by atoms with Gasteiger partial charge in [0.15, 0.2) is 0 Å². The Labute approximate surface area is 227 Å². The first kappa shape index (κ1) is 26.6. The molecular formula is C29H33BrN2O3S. The van der Waals surface area contributed by atoms with Crippen molar-refractivity contribution in [1.29, 1.82) is 0 Å². The molecule has 1 N–H and O–H groups in total. The topological polar surface area (TPSA) is 43.0 Å². The lowest BCUT2D eigenvalue weighted by atomic mass is 10.1. The maximum Gasteiger partial charge on any atom is 0.148 e. The molecule has 0 aliphatic carbocycles. The summed E-state index contributed by atoms with van der Waals surface area (Å²) in [6.45, 7) is 7.09. The highest BCUT2D eigenvalue weighted by molar-refractivity contribution is 9.10. The molecule has 4 rings (SSSR count). The Kier molecular flexibility index (Phi) is 9.75. The highest BCUT2D eigenvalue weighted by Gasteiger charge is 2.17. The second-order valence-corrected chi connectivity index (χ2v) is 10.3. The van der Waals surface area contributed by atoms with Gasteiger partial charge in [-0.15, -0.1) is 11.8 Å². The van der Waals surface area contributed by atoms with Gasteiger partial charge in [-0.05, 0) is 79.4 Å². The fraction of sp³-hybridized carbons (Fsp3) is 0.310. The second kappa shape index (κ2) is 13.2. The van der Waals surface area contributed by atoms with Gasteiger partial charge in [0.1, 0.15) is 29.6 Å². The third-order valence-corrected chi connectivity index (χ3v) is 7.54. The molecule has 1 fully saturated rings. The molecule has 1 aliphatic rings. The van der Waals surface area contributed by atoms with E-state index in [2.05, 4.69) is 51.5 Å². The summed E-state index contributed by atoms with van der Waals surface area (Å²) in [5.41, 5.74) is 2.08. The monoisotopic (exact) mass is 568 g/mol. The number of methoxy groups -OCH3 is 1. The number of nitrogens with one attached hydrogen (secondary N) is 1. The molecule has 190 valence electrons. The van der Waals surface area contributed by atoms with Crippen molar-refractivity contribution in [3.05, 3.63) is 88.4 Å². The molecule has 7 heteroatoms. The van der Waals surface area contributed by atoms with Crippen molar-refractivity contribution in [1.82, 2.24) is 10.2 Å². The number of benzene rings is 3. The van der Waals surface area contributed by atoms with Crippen LogP contribution in [0.3, 0.4) is 0 Å². The van der Waals surface area contributed by atoms with Gasteiger partial charge in [0.05, 0.1) is 12.0 Å². The van der Waals surface area contributed by atoms with Crippen LogP contribution < -0.4 is 19.5 Å². The normalized spacial score (nSPS) is 15.7. The Morgan fingerprint density at radius 1 is 0.889 bits per heavy atom. The van der Waals surface area contributed by atoms with Gasteiger partial charge in [-0.3, -0.25) is 4.90 Å². The summed E-state index contributed by atoms with van der Waals surface area (Å²) >= 11 is 5.20. The predicted octanol–water partition coefficient (Wildman–Crippen LogP) is 6.40. The van der Waals surface area contributed by atoms with E-state index in [1.165, 1.54) is 0 Å². The van der Waals surface area contributed by atoms with Gasteiger partial charge in [-0.25, -0.2) is 0 Å². The summed E-state index contributed by atoms with van der Waals surface area (Å²) in [5.74, 6) is 3.21. The van der Waals surface area contributed by atoms with Crippen LogP contribution in [0.15, 0.2) is 77.3 Å². The van der Waals surface area contributed by atoms with Crippen LogP contribution >= 0.6 is 27.7 Å². The van der Waals surface area contributed by atoms with E-state index in [4.69, 9.17) is 14.2 Å². The van der Waals surface area contributed by atoms with E-state index in [9.17, 15) is 0 Å². The summed E-state index contributed by atoms with van der Waals surface area (Å²) in [4.78, 5) is 3.52. The Bertz CT molecular complexity index is 1130. The van der Waals surface area contributed by atoms with Gasteiger partial charge >= 0.3 is 0 Å². The molecule has 0 radical (unpaired) electrons. The van der Waals surface area contributed by atoms with Crippen LogP contribution in [-0.2, 0) is 0 Å². The number of rotatable bonds is 10. The van der Waals surface area contributed by atoms with E-state index < -0.39 is 0 Å². The number of thioether (sulfide) groups is 1. The molecule has 36 heavy (non-hydrogen) atoms. The molecule has 1 aliphatic heterocycles. The van der Waals surface area contributed by atoms with Crippen molar-refractivity contribution in [2.24, 2.45) is 0 Å². The fourth-order valence-electron chi connectivity index (χ4n) is 4.09. The molecule has 3 aromatic rings. The van der Waals surface area contributed by atoms with Crippen LogP contribution in [0.5, 0.6) is 17.2 Å². The molecule has 0 amide bonds. The van der Waals surface area contributed by atoms with Crippen LogP contribution in [-0.4, -0.2) is 57.1 Å². The van der Waals surface area contributed by atoms with Crippen LogP contribution in [0, 0.1) is 0 Å². The van der Waals surface area contributed by atoms with Gasteiger partial charge < -0.3 is 19.5 Å². The van der Waals surface area contributed by atoms with Crippen LogP contribution in [0.25, 0.3) is 10.7 Å². The lowest BCUT2D eigenvalue weighted by Crippen LogP contribution is -2.49. The van der Waals surface area contributed by atoms with E-state index >= 15 is 0 Å². The summed E-state index contributed by atoms with van der Waals surface area (Å²) < 4.78 is 19.0. The van der Waals surface area contributed by atoms with Crippen molar-refractivity contribution < 1.29 is 14.2 Å². The molecule has 1 saturated heterocycles. The van der Waals surface area contributed by atoms with Crippen LogP contribution in [0.1, 0.15) is 18.1 Å². The minimum Gasteiger partial charge on any atom is -0.497 e. The van der Waals surface area contributed by atoms with Gasteiger partial charge in [0, 0.05) is 42.3 Å². The number of ether oxygens (including phenoxy) is 3. The van der Waals surface area contributed by atoms with E-state index in [0.717, 1.165) is 69.7 Å². The zero-order chi connectivity index (χ0) is 25.3. The SMILES string of the molecule is COc1ccc(/C(Oc2ccc(OCC(C)N3CCNCC3)cc2)=C(\SC)c2ccc(Br)cc2)cc1. The molecule has 0 saturated carbocycles. The molecular weight excluding hydrogens is 536 g/mol. The smallest absolute Gasteiger partial charge is 0.148 e. The zero-order valence-corrected chi connectivity index (χ0v) is 23.4. The van der Waals surface area contributed by atoms with Gasteiger partial charge in [0.2, 0.25) is 0 Å². The molecule has 5 nitrogen and oxygen atoms in total. The average Bonchev–Trinajstić information content (AvgIpc) is 2.93. The maximum atomic E-state index is 6.52. The molecule has 0 aromatic heterocycles. The molecule has 0 bridgehead atoms. The lowest BCUT2D eigenvalue weighted by molar-refractivity contribution is 0.132. The molecule has 0 spiro atoms. The molecule has 1 heterocycles. The fourth-order valence-corrected chi connectivity index (χ4v) is 5.07. The second-order valence-electron chi connectivity index (χ2n) is 8.62.